The lowest BCUT2D eigenvalue weighted by Crippen LogP contribution is -2.39. The number of carboxylic acid groups (broad SMARTS) is 1. The van der Waals surface area contributed by atoms with Crippen molar-refractivity contribution in [2.75, 3.05) is 0 Å². The Labute approximate surface area is 77.3 Å². The van der Waals surface area contributed by atoms with Crippen LogP contribution >= 0.6 is 0 Å². The summed E-state index contributed by atoms with van der Waals surface area (Å²) in [4.78, 5) is 21.4. The fourth-order valence-electron chi connectivity index (χ4n) is 0.695. The predicted molar refractivity (Wildman–Crippen MR) is 47.9 cm³/mol. The molecule has 4 heteroatoms. The lowest BCUT2D eigenvalue weighted by Gasteiger charge is -2.15. The van der Waals surface area contributed by atoms with Crippen LogP contribution in [-0.2, 0) is 9.59 Å². The monoisotopic (exact) mass is 183 g/mol. The van der Waals surface area contributed by atoms with Gasteiger partial charge in [-0.05, 0) is 26.7 Å². The Hall–Kier alpha value is -1.50. The molecular weight excluding hydrogens is 170 g/mol. The number of amides is 1. The number of nitrogens with one attached hydrogen (secondary N) is 1. The average Bonchev–Trinajstić information content (AvgIpc) is 2.03. The van der Waals surface area contributed by atoms with Crippen molar-refractivity contribution in [1.29, 1.82) is 0 Å². The Morgan fingerprint density at radius 3 is 2.31 bits per heavy atom. The molecule has 0 rings (SSSR count). The summed E-state index contributed by atoms with van der Waals surface area (Å²) >= 11 is 0. The van der Waals surface area contributed by atoms with Crippen molar-refractivity contribution in [3.63, 3.8) is 0 Å². The number of hydrogen-bond donors (Lipinski definition) is 2. The molecule has 0 radical (unpaired) electrons. The molecule has 0 aromatic carbocycles. The number of rotatable bonds is 3. The molecule has 0 saturated heterocycles. The molecule has 0 spiro atoms. The molecule has 2 N–H and O–H groups in total. The third-order valence-corrected chi connectivity index (χ3v) is 1.74. The van der Waals surface area contributed by atoms with Crippen LogP contribution in [0.15, 0.2) is 0 Å². The van der Waals surface area contributed by atoms with Gasteiger partial charge in [-0.15, -0.1) is 0 Å². The second-order valence-electron chi connectivity index (χ2n) is 2.76. The summed E-state index contributed by atoms with van der Waals surface area (Å²) in [7, 11) is 0. The second kappa shape index (κ2) is 5.20. The third-order valence-electron chi connectivity index (χ3n) is 1.74. The van der Waals surface area contributed by atoms with Crippen LogP contribution in [0.1, 0.15) is 20.8 Å². The van der Waals surface area contributed by atoms with Crippen LogP contribution in [0.5, 0.6) is 0 Å². The van der Waals surface area contributed by atoms with Gasteiger partial charge in [0.1, 0.15) is 0 Å². The molecule has 0 fully saturated rings. The molecule has 0 bridgehead atoms. The number of carbonyl (C=O) groups excluding carboxylic acids is 1. The predicted octanol–water partition coefficient (Wildman–Crippen LogP) is 0.235. The summed E-state index contributed by atoms with van der Waals surface area (Å²) in [5.41, 5.74) is 0. The molecular formula is C9H13NO3. The van der Waals surface area contributed by atoms with E-state index in [1.807, 2.05) is 0 Å². The van der Waals surface area contributed by atoms with Gasteiger partial charge < -0.3 is 10.4 Å². The maximum absolute atomic E-state index is 10.9. The van der Waals surface area contributed by atoms with Crippen LogP contribution in [0.25, 0.3) is 0 Å². The number of hydrogen-bond acceptors (Lipinski definition) is 2. The maximum Gasteiger partial charge on any atom is 0.308 e. The quantitative estimate of drug-likeness (QED) is 0.616. The van der Waals surface area contributed by atoms with E-state index < -0.39 is 23.8 Å². The highest BCUT2D eigenvalue weighted by atomic mass is 16.4. The van der Waals surface area contributed by atoms with Gasteiger partial charge in [-0.1, -0.05) is 5.92 Å². The summed E-state index contributed by atoms with van der Waals surface area (Å²) in [5.74, 6) is 2.73. The Kier molecular flexibility index (Phi) is 4.60. The second-order valence-corrected chi connectivity index (χ2v) is 2.76. The minimum atomic E-state index is -0.933. The van der Waals surface area contributed by atoms with E-state index in [0.29, 0.717) is 0 Å². The molecule has 0 aliphatic carbocycles. The molecule has 2 atom stereocenters. The van der Waals surface area contributed by atoms with E-state index in [2.05, 4.69) is 17.2 Å². The van der Waals surface area contributed by atoms with Crippen molar-refractivity contribution in [1.82, 2.24) is 5.32 Å². The van der Waals surface area contributed by atoms with Crippen LogP contribution in [0.2, 0.25) is 0 Å². The SMILES string of the molecule is CC#CC(=O)NC(C)C(C)C(=O)O. The van der Waals surface area contributed by atoms with Gasteiger partial charge in [-0.25, -0.2) is 0 Å². The van der Waals surface area contributed by atoms with Gasteiger partial charge in [0.25, 0.3) is 5.91 Å². The van der Waals surface area contributed by atoms with Crippen LogP contribution in [0.4, 0.5) is 0 Å². The fourth-order valence-corrected chi connectivity index (χ4v) is 0.695. The first-order valence-corrected chi connectivity index (χ1v) is 3.95. The summed E-state index contributed by atoms with van der Waals surface area (Å²) < 4.78 is 0. The molecule has 0 saturated carbocycles. The van der Waals surface area contributed by atoms with Crippen LogP contribution in [-0.4, -0.2) is 23.0 Å². The normalized spacial score (nSPS) is 13.5. The molecule has 4 nitrogen and oxygen atoms in total. The molecule has 1 amide bonds. The van der Waals surface area contributed by atoms with E-state index in [1.165, 1.54) is 6.92 Å². The Morgan fingerprint density at radius 1 is 1.38 bits per heavy atom. The van der Waals surface area contributed by atoms with Gasteiger partial charge in [0.05, 0.1) is 5.92 Å². The van der Waals surface area contributed by atoms with E-state index in [4.69, 9.17) is 5.11 Å². The molecule has 0 heterocycles. The minimum Gasteiger partial charge on any atom is -0.481 e. The van der Waals surface area contributed by atoms with Crippen LogP contribution in [0, 0.1) is 17.8 Å². The van der Waals surface area contributed by atoms with Crippen molar-refractivity contribution in [3.05, 3.63) is 0 Å². The van der Waals surface area contributed by atoms with Gasteiger partial charge >= 0.3 is 5.97 Å². The highest BCUT2D eigenvalue weighted by Gasteiger charge is 2.19. The van der Waals surface area contributed by atoms with E-state index in [-0.39, 0.29) is 0 Å². The molecule has 0 aliphatic rings. The molecule has 13 heavy (non-hydrogen) atoms. The highest BCUT2D eigenvalue weighted by Crippen LogP contribution is 2.01. The zero-order valence-corrected chi connectivity index (χ0v) is 7.92. The first-order chi connectivity index (χ1) is 5.99. The number of carbonyl (C=O) groups is 2. The van der Waals surface area contributed by atoms with Crippen LogP contribution in [0.3, 0.4) is 0 Å². The Bertz CT molecular complexity index is 262. The third kappa shape index (κ3) is 4.16. The standard InChI is InChI=1S/C9H13NO3/c1-4-5-8(11)10-7(3)6(2)9(12)13/h6-7H,1-3H3,(H,10,11)(H,12,13). The van der Waals surface area contributed by atoms with Crippen molar-refractivity contribution in [2.45, 2.75) is 26.8 Å². The molecule has 2 unspecified atom stereocenters. The van der Waals surface area contributed by atoms with Crippen molar-refractivity contribution in [2.24, 2.45) is 5.92 Å². The maximum atomic E-state index is 10.9. The molecule has 0 aliphatic heterocycles. The summed E-state index contributed by atoms with van der Waals surface area (Å²) in [6.07, 6.45) is 0. The first-order valence-electron chi connectivity index (χ1n) is 3.95. The van der Waals surface area contributed by atoms with Gasteiger partial charge in [0.2, 0.25) is 0 Å². The van der Waals surface area contributed by atoms with Gasteiger partial charge in [0.15, 0.2) is 0 Å². The van der Waals surface area contributed by atoms with Crippen LogP contribution < -0.4 is 5.32 Å². The van der Waals surface area contributed by atoms with Gasteiger partial charge in [-0.3, -0.25) is 9.59 Å². The van der Waals surface area contributed by atoms with Gasteiger partial charge in [0, 0.05) is 6.04 Å². The molecule has 0 aromatic heterocycles. The van der Waals surface area contributed by atoms with Crippen molar-refractivity contribution >= 4 is 11.9 Å². The summed E-state index contributed by atoms with van der Waals surface area (Å²) in [5, 5.41) is 11.1. The molecule has 72 valence electrons. The van der Waals surface area contributed by atoms with E-state index in [0.717, 1.165) is 0 Å². The van der Waals surface area contributed by atoms with E-state index in [9.17, 15) is 9.59 Å². The average molecular weight is 183 g/mol. The number of carboxylic acids is 1. The fraction of sp³-hybridized carbons (Fsp3) is 0.556. The Balaban J connectivity index is 4.12. The lowest BCUT2D eigenvalue weighted by molar-refractivity contribution is -0.142. The largest absolute Gasteiger partial charge is 0.481 e. The summed E-state index contributed by atoms with van der Waals surface area (Å²) in [6, 6.07) is -0.411. The van der Waals surface area contributed by atoms with E-state index in [1.54, 1.807) is 13.8 Å². The number of aliphatic carboxylic acids is 1. The highest BCUT2D eigenvalue weighted by molar-refractivity contribution is 5.93. The molecule has 0 aromatic rings. The topological polar surface area (TPSA) is 66.4 Å². The zero-order chi connectivity index (χ0) is 10.4. The van der Waals surface area contributed by atoms with Gasteiger partial charge in [-0.2, -0.15) is 0 Å². The smallest absolute Gasteiger partial charge is 0.308 e. The van der Waals surface area contributed by atoms with Crippen molar-refractivity contribution < 1.29 is 14.7 Å². The van der Waals surface area contributed by atoms with Crippen molar-refractivity contribution in [3.8, 4) is 11.8 Å². The zero-order valence-electron chi connectivity index (χ0n) is 7.92. The Morgan fingerprint density at radius 2 is 1.92 bits per heavy atom. The summed E-state index contributed by atoms with van der Waals surface area (Å²) in [6.45, 7) is 4.71. The minimum absolute atomic E-state index is 0.411. The first kappa shape index (κ1) is 11.5. The van der Waals surface area contributed by atoms with E-state index >= 15 is 0 Å². The lowest BCUT2D eigenvalue weighted by atomic mass is 10.0.